The Labute approximate surface area is 94.1 Å². The summed E-state index contributed by atoms with van der Waals surface area (Å²) >= 11 is 0. The summed E-state index contributed by atoms with van der Waals surface area (Å²) in [6.07, 6.45) is 5.24. The molecular weight excluding hydrogens is 204 g/mol. The van der Waals surface area contributed by atoms with Crippen LogP contribution in [0, 0.1) is 19.3 Å². The van der Waals surface area contributed by atoms with Gasteiger partial charge in [-0.3, -0.25) is 4.79 Å². The first kappa shape index (κ1) is 12.0. The lowest BCUT2D eigenvalue weighted by Gasteiger charge is -2.10. The third-order valence-corrected chi connectivity index (χ3v) is 2.33. The highest BCUT2D eigenvalue weighted by Gasteiger charge is 2.25. The van der Waals surface area contributed by atoms with Crippen LogP contribution in [0.4, 0.5) is 0 Å². The molecule has 1 aromatic carbocycles. The fourth-order valence-electron chi connectivity index (χ4n) is 1.43. The Morgan fingerprint density at radius 3 is 2.38 bits per heavy atom. The van der Waals surface area contributed by atoms with Crippen LogP contribution in [0.25, 0.3) is 0 Å². The van der Waals surface area contributed by atoms with Gasteiger partial charge in [-0.15, -0.1) is 12.3 Å². The minimum Gasteiger partial charge on any atom is -0.475 e. The van der Waals surface area contributed by atoms with Crippen molar-refractivity contribution in [1.29, 1.82) is 0 Å². The van der Waals surface area contributed by atoms with E-state index in [1.54, 1.807) is 12.1 Å². The molecule has 1 atom stereocenters. The SMILES string of the molecule is C#CCC(C(=O)C(=O)O)c1ccc(C)cc1. The maximum absolute atomic E-state index is 11.4. The van der Waals surface area contributed by atoms with E-state index in [1.807, 2.05) is 19.1 Å². The average molecular weight is 216 g/mol. The minimum absolute atomic E-state index is 0.105. The molecule has 1 aromatic rings. The van der Waals surface area contributed by atoms with E-state index in [4.69, 9.17) is 11.5 Å². The number of hydrogen-bond acceptors (Lipinski definition) is 2. The molecule has 0 aliphatic carbocycles. The van der Waals surface area contributed by atoms with Crippen LogP contribution in [-0.4, -0.2) is 16.9 Å². The van der Waals surface area contributed by atoms with Gasteiger partial charge < -0.3 is 5.11 Å². The number of ketones is 1. The molecule has 82 valence electrons. The number of carboxylic acids is 1. The Morgan fingerprint density at radius 2 is 1.94 bits per heavy atom. The second kappa shape index (κ2) is 5.13. The number of carbonyl (C=O) groups excluding carboxylic acids is 1. The summed E-state index contributed by atoms with van der Waals surface area (Å²) in [6.45, 7) is 1.92. The Bertz CT molecular complexity index is 437. The van der Waals surface area contributed by atoms with Crippen molar-refractivity contribution in [2.45, 2.75) is 19.3 Å². The van der Waals surface area contributed by atoms with Crippen LogP contribution < -0.4 is 0 Å². The molecule has 3 heteroatoms. The summed E-state index contributed by atoms with van der Waals surface area (Å²) in [6, 6.07) is 7.12. The van der Waals surface area contributed by atoms with Gasteiger partial charge in [-0.1, -0.05) is 29.8 Å². The minimum atomic E-state index is -1.44. The lowest BCUT2D eigenvalue weighted by Crippen LogP contribution is -2.21. The molecule has 1 N–H and O–H groups in total. The first-order valence-corrected chi connectivity index (χ1v) is 4.83. The van der Waals surface area contributed by atoms with Crippen LogP contribution >= 0.6 is 0 Å². The quantitative estimate of drug-likeness (QED) is 0.616. The molecule has 1 rings (SSSR count). The summed E-state index contributed by atoms with van der Waals surface area (Å²) < 4.78 is 0. The topological polar surface area (TPSA) is 54.4 Å². The van der Waals surface area contributed by atoms with Gasteiger partial charge in [-0.05, 0) is 12.5 Å². The first-order chi connectivity index (χ1) is 7.56. The predicted molar refractivity (Wildman–Crippen MR) is 60.0 cm³/mol. The highest BCUT2D eigenvalue weighted by atomic mass is 16.4. The molecule has 0 radical (unpaired) electrons. The maximum Gasteiger partial charge on any atom is 0.372 e. The Balaban J connectivity index is 3.03. The van der Waals surface area contributed by atoms with Gasteiger partial charge >= 0.3 is 5.97 Å². The van der Waals surface area contributed by atoms with Crippen molar-refractivity contribution in [3.63, 3.8) is 0 Å². The molecule has 0 fully saturated rings. The second-order valence-electron chi connectivity index (χ2n) is 3.54. The fourth-order valence-corrected chi connectivity index (χ4v) is 1.43. The number of aliphatic carboxylic acids is 1. The van der Waals surface area contributed by atoms with E-state index in [2.05, 4.69) is 5.92 Å². The van der Waals surface area contributed by atoms with Gasteiger partial charge in [0.25, 0.3) is 0 Å². The zero-order chi connectivity index (χ0) is 12.1. The van der Waals surface area contributed by atoms with Gasteiger partial charge in [0.05, 0.1) is 5.92 Å². The van der Waals surface area contributed by atoms with Crippen molar-refractivity contribution < 1.29 is 14.7 Å². The molecule has 0 amide bonds. The molecule has 1 unspecified atom stereocenters. The number of rotatable bonds is 4. The van der Waals surface area contributed by atoms with Gasteiger partial charge in [-0.25, -0.2) is 4.79 Å². The number of aryl methyl sites for hydroxylation is 1. The molecular formula is C13H12O3. The summed E-state index contributed by atoms with van der Waals surface area (Å²) in [5, 5.41) is 8.68. The van der Waals surface area contributed by atoms with Crippen LogP contribution in [-0.2, 0) is 9.59 Å². The second-order valence-corrected chi connectivity index (χ2v) is 3.54. The van der Waals surface area contributed by atoms with E-state index in [0.29, 0.717) is 5.56 Å². The summed E-state index contributed by atoms with van der Waals surface area (Å²) in [4.78, 5) is 22.1. The molecule has 0 aromatic heterocycles. The molecule has 0 bridgehead atoms. The van der Waals surface area contributed by atoms with Crippen molar-refractivity contribution >= 4 is 11.8 Å². The summed E-state index contributed by atoms with van der Waals surface area (Å²) in [5.41, 5.74) is 1.70. The third-order valence-electron chi connectivity index (χ3n) is 2.33. The van der Waals surface area contributed by atoms with Crippen LogP contribution in [0.15, 0.2) is 24.3 Å². The van der Waals surface area contributed by atoms with Crippen LogP contribution in [0.1, 0.15) is 23.5 Å². The number of carbonyl (C=O) groups is 2. The Hall–Kier alpha value is -2.08. The van der Waals surface area contributed by atoms with E-state index in [-0.39, 0.29) is 6.42 Å². The van der Waals surface area contributed by atoms with E-state index in [9.17, 15) is 9.59 Å². The van der Waals surface area contributed by atoms with Gasteiger partial charge in [0.2, 0.25) is 5.78 Å². The highest BCUT2D eigenvalue weighted by molar-refractivity contribution is 6.35. The Morgan fingerprint density at radius 1 is 1.38 bits per heavy atom. The predicted octanol–water partition coefficient (Wildman–Crippen LogP) is 1.76. The van der Waals surface area contributed by atoms with E-state index >= 15 is 0 Å². The lowest BCUT2D eigenvalue weighted by molar-refractivity contribution is -0.149. The van der Waals surface area contributed by atoms with E-state index < -0.39 is 17.7 Å². The van der Waals surface area contributed by atoms with Crippen molar-refractivity contribution in [2.24, 2.45) is 0 Å². The largest absolute Gasteiger partial charge is 0.475 e. The lowest BCUT2D eigenvalue weighted by atomic mass is 9.91. The number of benzene rings is 1. The zero-order valence-corrected chi connectivity index (χ0v) is 8.93. The number of Topliss-reactive ketones (excluding diaryl/α,β-unsaturated/α-hetero) is 1. The molecule has 0 heterocycles. The van der Waals surface area contributed by atoms with E-state index in [1.165, 1.54) is 0 Å². The zero-order valence-electron chi connectivity index (χ0n) is 8.93. The standard InChI is InChI=1S/C13H12O3/c1-3-4-11(12(14)13(15)16)10-7-5-9(2)6-8-10/h1,5-8,11H,4H2,2H3,(H,15,16). The smallest absolute Gasteiger partial charge is 0.372 e. The fraction of sp³-hybridized carbons (Fsp3) is 0.231. The van der Waals surface area contributed by atoms with Crippen molar-refractivity contribution in [1.82, 2.24) is 0 Å². The third kappa shape index (κ3) is 2.71. The molecule has 0 aliphatic heterocycles. The van der Waals surface area contributed by atoms with Gasteiger partial charge in [0, 0.05) is 6.42 Å². The molecule has 0 spiro atoms. The normalized spacial score (nSPS) is 11.5. The summed E-state index contributed by atoms with van der Waals surface area (Å²) in [5.74, 6) is -0.718. The molecule has 0 saturated carbocycles. The van der Waals surface area contributed by atoms with Crippen molar-refractivity contribution in [2.75, 3.05) is 0 Å². The van der Waals surface area contributed by atoms with Crippen LogP contribution in [0.2, 0.25) is 0 Å². The summed E-state index contributed by atoms with van der Waals surface area (Å²) in [7, 11) is 0. The average Bonchev–Trinajstić information content (AvgIpc) is 2.26. The highest BCUT2D eigenvalue weighted by Crippen LogP contribution is 2.21. The molecule has 3 nitrogen and oxygen atoms in total. The van der Waals surface area contributed by atoms with E-state index in [0.717, 1.165) is 5.56 Å². The monoisotopic (exact) mass is 216 g/mol. The number of carboxylic acid groups (broad SMARTS) is 1. The van der Waals surface area contributed by atoms with Crippen molar-refractivity contribution in [3.05, 3.63) is 35.4 Å². The van der Waals surface area contributed by atoms with Gasteiger partial charge in [0.1, 0.15) is 0 Å². The maximum atomic E-state index is 11.4. The number of hydrogen-bond donors (Lipinski definition) is 1. The molecule has 0 aliphatic rings. The van der Waals surface area contributed by atoms with Crippen LogP contribution in [0.3, 0.4) is 0 Å². The molecule has 0 saturated heterocycles. The number of terminal acetylenes is 1. The first-order valence-electron chi connectivity index (χ1n) is 4.83. The Kier molecular flexibility index (Phi) is 3.84. The molecule has 16 heavy (non-hydrogen) atoms. The van der Waals surface area contributed by atoms with Gasteiger partial charge in [0.15, 0.2) is 0 Å². The van der Waals surface area contributed by atoms with Crippen LogP contribution in [0.5, 0.6) is 0 Å². The van der Waals surface area contributed by atoms with Crippen molar-refractivity contribution in [3.8, 4) is 12.3 Å². The van der Waals surface area contributed by atoms with Gasteiger partial charge in [-0.2, -0.15) is 0 Å².